The number of pyridine rings is 2. The summed E-state index contributed by atoms with van der Waals surface area (Å²) in [6, 6.07) is 7.51. The lowest BCUT2D eigenvalue weighted by Crippen LogP contribution is -2.24. The predicted molar refractivity (Wildman–Crippen MR) is 131 cm³/mol. The van der Waals surface area contributed by atoms with Crippen LogP contribution in [0.5, 0.6) is 11.5 Å². The second-order valence-electron chi connectivity index (χ2n) is 9.07. The summed E-state index contributed by atoms with van der Waals surface area (Å²) in [6.07, 6.45) is 3.24. The molecule has 0 unspecified atom stereocenters. The maximum absolute atomic E-state index is 12.8. The summed E-state index contributed by atoms with van der Waals surface area (Å²) < 4.78 is 36.4. The fraction of sp³-hybridized carbons (Fsp3) is 0.417. The van der Waals surface area contributed by atoms with Crippen LogP contribution < -0.4 is 19.8 Å². The normalized spacial score (nSPS) is 12.2. The third kappa shape index (κ3) is 5.91. The van der Waals surface area contributed by atoms with E-state index in [0.717, 1.165) is 28.5 Å². The molecule has 0 atom stereocenters. The van der Waals surface area contributed by atoms with Gasteiger partial charge in [-0.3, -0.25) is 9.78 Å². The van der Waals surface area contributed by atoms with Gasteiger partial charge in [0.2, 0.25) is 10.0 Å². The van der Waals surface area contributed by atoms with Crippen molar-refractivity contribution >= 4 is 20.9 Å². The average Bonchev–Trinajstić information content (AvgIpc) is 2.71. The Balaban J connectivity index is 2.08. The Hall–Kier alpha value is -2.91. The molecular formula is C24H31N3O5S. The number of H-pyrrole nitrogens is 1. The van der Waals surface area contributed by atoms with Crippen molar-refractivity contribution in [3.05, 3.63) is 52.1 Å². The number of methoxy groups -OCH3 is 1. The van der Waals surface area contributed by atoms with E-state index in [4.69, 9.17) is 9.47 Å². The highest BCUT2D eigenvalue weighted by molar-refractivity contribution is 7.88. The SMILES string of the molecule is COc1c(C(C)(C)C)cc(-c2ccc(C)[nH]c2=O)c2ncc(OCCCNS(C)(=O)=O)cc12. The minimum Gasteiger partial charge on any atom is -0.496 e. The summed E-state index contributed by atoms with van der Waals surface area (Å²) in [7, 11) is -1.61. The molecular weight excluding hydrogens is 442 g/mol. The van der Waals surface area contributed by atoms with E-state index in [0.29, 0.717) is 35.6 Å². The number of aromatic amines is 1. The van der Waals surface area contributed by atoms with Crippen LogP contribution in [0.25, 0.3) is 22.0 Å². The van der Waals surface area contributed by atoms with Gasteiger partial charge in [-0.1, -0.05) is 20.8 Å². The van der Waals surface area contributed by atoms with Gasteiger partial charge in [0.1, 0.15) is 11.5 Å². The Morgan fingerprint density at radius 3 is 2.48 bits per heavy atom. The highest BCUT2D eigenvalue weighted by Crippen LogP contribution is 2.42. The van der Waals surface area contributed by atoms with E-state index in [1.165, 1.54) is 0 Å². The monoisotopic (exact) mass is 473 g/mol. The fourth-order valence-corrected chi connectivity index (χ4v) is 4.14. The zero-order chi connectivity index (χ0) is 24.4. The van der Waals surface area contributed by atoms with Crippen LogP contribution in [0.2, 0.25) is 0 Å². The number of hydrogen-bond acceptors (Lipinski definition) is 6. The molecule has 33 heavy (non-hydrogen) atoms. The number of sulfonamides is 1. The van der Waals surface area contributed by atoms with Crippen molar-refractivity contribution in [2.24, 2.45) is 0 Å². The number of aryl methyl sites for hydroxylation is 1. The van der Waals surface area contributed by atoms with Crippen LogP contribution in [-0.4, -0.2) is 44.9 Å². The number of benzene rings is 1. The van der Waals surface area contributed by atoms with E-state index in [9.17, 15) is 13.2 Å². The van der Waals surface area contributed by atoms with Gasteiger partial charge in [-0.05, 0) is 43.0 Å². The molecule has 0 aliphatic rings. The highest BCUT2D eigenvalue weighted by atomic mass is 32.2. The molecule has 0 aliphatic carbocycles. The predicted octanol–water partition coefficient (Wildman–Crippen LogP) is 3.52. The number of fused-ring (bicyclic) bond motifs is 1. The molecule has 0 fully saturated rings. The van der Waals surface area contributed by atoms with Gasteiger partial charge in [-0.2, -0.15) is 0 Å². The number of rotatable bonds is 8. The summed E-state index contributed by atoms with van der Waals surface area (Å²) >= 11 is 0. The summed E-state index contributed by atoms with van der Waals surface area (Å²) in [4.78, 5) is 20.2. The first-order chi connectivity index (χ1) is 15.4. The third-order valence-electron chi connectivity index (χ3n) is 5.21. The minimum atomic E-state index is -3.23. The van der Waals surface area contributed by atoms with Crippen LogP contribution in [0.15, 0.2) is 35.3 Å². The Morgan fingerprint density at radius 1 is 1.15 bits per heavy atom. The van der Waals surface area contributed by atoms with Crippen molar-refractivity contribution in [1.82, 2.24) is 14.7 Å². The molecule has 2 aromatic heterocycles. The van der Waals surface area contributed by atoms with Crippen LogP contribution in [0.1, 0.15) is 38.4 Å². The molecule has 0 saturated heterocycles. The Bertz CT molecular complexity index is 1320. The lowest BCUT2D eigenvalue weighted by Gasteiger charge is -2.25. The fourth-order valence-electron chi connectivity index (χ4n) is 3.62. The number of hydrogen-bond donors (Lipinski definition) is 2. The molecule has 0 bridgehead atoms. The van der Waals surface area contributed by atoms with Gasteiger partial charge in [0, 0.05) is 34.3 Å². The summed E-state index contributed by atoms with van der Waals surface area (Å²) in [5.74, 6) is 1.22. The topological polar surface area (TPSA) is 110 Å². The maximum Gasteiger partial charge on any atom is 0.256 e. The van der Waals surface area contributed by atoms with Gasteiger partial charge in [-0.25, -0.2) is 13.1 Å². The molecule has 178 valence electrons. The molecule has 0 spiro atoms. The van der Waals surface area contributed by atoms with Crippen molar-refractivity contribution in [3.8, 4) is 22.6 Å². The number of nitrogens with zero attached hydrogens (tertiary/aromatic N) is 1. The first-order valence-electron chi connectivity index (χ1n) is 10.7. The van der Waals surface area contributed by atoms with Crippen LogP contribution in [0.4, 0.5) is 0 Å². The van der Waals surface area contributed by atoms with Crippen LogP contribution in [0.3, 0.4) is 0 Å². The van der Waals surface area contributed by atoms with Crippen molar-refractivity contribution in [1.29, 1.82) is 0 Å². The van der Waals surface area contributed by atoms with Crippen molar-refractivity contribution in [3.63, 3.8) is 0 Å². The lowest BCUT2D eigenvalue weighted by molar-refractivity contribution is 0.311. The van der Waals surface area contributed by atoms with Crippen molar-refractivity contribution in [2.75, 3.05) is 26.5 Å². The van der Waals surface area contributed by atoms with E-state index < -0.39 is 10.0 Å². The van der Waals surface area contributed by atoms with E-state index in [1.807, 2.05) is 31.2 Å². The largest absolute Gasteiger partial charge is 0.496 e. The van der Waals surface area contributed by atoms with Crippen LogP contribution in [-0.2, 0) is 15.4 Å². The van der Waals surface area contributed by atoms with Gasteiger partial charge in [0.15, 0.2) is 0 Å². The van der Waals surface area contributed by atoms with Crippen LogP contribution >= 0.6 is 0 Å². The van der Waals surface area contributed by atoms with Gasteiger partial charge in [0.05, 0.1) is 31.7 Å². The number of aromatic nitrogens is 2. The molecule has 3 rings (SSSR count). The second-order valence-corrected chi connectivity index (χ2v) is 10.9. The van der Waals surface area contributed by atoms with E-state index in [-0.39, 0.29) is 17.5 Å². The van der Waals surface area contributed by atoms with Gasteiger partial charge >= 0.3 is 0 Å². The molecule has 8 nitrogen and oxygen atoms in total. The Morgan fingerprint density at radius 2 is 1.88 bits per heavy atom. The summed E-state index contributed by atoms with van der Waals surface area (Å²) in [5, 5.41) is 0.742. The quantitative estimate of drug-likeness (QED) is 0.485. The minimum absolute atomic E-state index is 0.179. The second kappa shape index (κ2) is 9.52. The zero-order valence-corrected chi connectivity index (χ0v) is 20.7. The van der Waals surface area contributed by atoms with Gasteiger partial charge in [-0.15, -0.1) is 0 Å². The smallest absolute Gasteiger partial charge is 0.256 e. The standard InChI is InChI=1S/C24H31N3O5S/c1-15-8-9-17(23(28)27-15)18-13-20(24(2,3)4)22(31-5)19-12-16(14-25-21(18)19)32-11-7-10-26-33(6,29)30/h8-9,12-14,26H,7,10-11H2,1-6H3,(H,27,28). The molecule has 0 saturated carbocycles. The third-order valence-corrected chi connectivity index (χ3v) is 5.94. The average molecular weight is 474 g/mol. The lowest BCUT2D eigenvalue weighted by atomic mass is 9.83. The molecule has 0 amide bonds. The molecule has 3 aromatic rings. The highest BCUT2D eigenvalue weighted by Gasteiger charge is 2.25. The van der Waals surface area contributed by atoms with Gasteiger partial charge in [0.25, 0.3) is 5.56 Å². The zero-order valence-electron chi connectivity index (χ0n) is 19.9. The molecule has 2 N–H and O–H groups in total. The number of ether oxygens (including phenoxy) is 2. The molecule has 0 aliphatic heterocycles. The van der Waals surface area contributed by atoms with Crippen molar-refractivity contribution < 1.29 is 17.9 Å². The van der Waals surface area contributed by atoms with E-state index >= 15 is 0 Å². The van der Waals surface area contributed by atoms with Gasteiger partial charge < -0.3 is 14.5 Å². The first-order valence-corrected chi connectivity index (χ1v) is 12.6. The van der Waals surface area contributed by atoms with E-state index in [2.05, 4.69) is 35.5 Å². The van der Waals surface area contributed by atoms with Crippen molar-refractivity contribution in [2.45, 2.75) is 39.5 Å². The van der Waals surface area contributed by atoms with Crippen LogP contribution in [0, 0.1) is 6.92 Å². The maximum atomic E-state index is 12.8. The molecule has 9 heteroatoms. The summed E-state index contributed by atoms with van der Waals surface area (Å²) in [5.41, 5.74) is 3.20. The molecule has 0 radical (unpaired) electrons. The Kier molecular flexibility index (Phi) is 7.14. The molecule has 2 heterocycles. The first kappa shape index (κ1) is 24.7. The Labute approximate surface area is 194 Å². The molecule has 1 aromatic carbocycles. The number of nitrogens with one attached hydrogen (secondary N) is 2. The summed E-state index contributed by atoms with van der Waals surface area (Å²) in [6.45, 7) is 8.71. The van der Waals surface area contributed by atoms with E-state index in [1.54, 1.807) is 13.3 Å².